The molecule has 0 aliphatic rings. The van der Waals surface area contributed by atoms with Crippen LogP contribution in [0.25, 0.3) is 0 Å². The number of oxime groups is 1. The molecule has 0 heterocycles. The van der Waals surface area contributed by atoms with E-state index < -0.39 is 5.97 Å². The summed E-state index contributed by atoms with van der Waals surface area (Å²) in [7, 11) is 1.31. The molecule has 0 aromatic heterocycles. The van der Waals surface area contributed by atoms with Crippen LogP contribution in [0.2, 0.25) is 0 Å². The Hall–Kier alpha value is -3.02. The zero-order valence-corrected chi connectivity index (χ0v) is 18.8. The second-order valence-electron chi connectivity index (χ2n) is 7.11. The number of ether oxygens (including phenoxy) is 3. The SMILES string of the molecule is C/C=C/COc1cc(C)c(OCCCCCOc2ccc(/C(F)=N/OC)cc2)c(C)c1. The predicted octanol–water partition coefficient (Wildman–Crippen LogP) is 6.16. The van der Waals surface area contributed by atoms with Gasteiger partial charge < -0.3 is 19.0 Å². The molecule has 2 rings (SSSR count). The number of hydrogen-bond donors (Lipinski definition) is 0. The molecule has 0 fully saturated rings. The van der Waals surface area contributed by atoms with Crippen LogP contribution < -0.4 is 14.2 Å². The van der Waals surface area contributed by atoms with E-state index in [0.29, 0.717) is 31.1 Å². The number of allylic oxidation sites excluding steroid dienone is 1. The number of benzene rings is 2. The third-order valence-corrected chi connectivity index (χ3v) is 4.58. The molecule has 0 aliphatic heterocycles. The van der Waals surface area contributed by atoms with Gasteiger partial charge >= 0.3 is 0 Å². The van der Waals surface area contributed by atoms with Gasteiger partial charge in [-0.25, -0.2) is 0 Å². The molecular formula is C25H32FNO4. The van der Waals surface area contributed by atoms with Crippen LogP contribution in [-0.4, -0.2) is 32.9 Å². The molecule has 5 nitrogen and oxygen atoms in total. The molecule has 0 bridgehead atoms. The molecule has 2 aromatic rings. The van der Waals surface area contributed by atoms with Crippen molar-refractivity contribution < 1.29 is 23.4 Å². The summed E-state index contributed by atoms with van der Waals surface area (Å²) < 4.78 is 30.9. The van der Waals surface area contributed by atoms with Crippen molar-refractivity contribution in [3.05, 3.63) is 65.2 Å². The van der Waals surface area contributed by atoms with Crippen LogP contribution in [0.5, 0.6) is 17.2 Å². The van der Waals surface area contributed by atoms with Crippen molar-refractivity contribution in [2.24, 2.45) is 5.16 Å². The monoisotopic (exact) mass is 429 g/mol. The number of hydrogen-bond acceptors (Lipinski definition) is 5. The van der Waals surface area contributed by atoms with Crippen molar-refractivity contribution in [1.29, 1.82) is 0 Å². The first-order valence-corrected chi connectivity index (χ1v) is 10.5. The van der Waals surface area contributed by atoms with Crippen molar-refractivity contribution in [1.82, 2.24) is 0 Å². The quantitative estimate of drug-likeness (QED) is 0.165. The van der Waals surface area contributed by atoms with Gasteiger partial charge in [-0.2, -0.15) is 4.39 Å². The van der Waals surface area contributed by atoms with Crippen molar-refractivity contribution in [3.8, 4) is 17.2 Å². The average molecular weight is 430 g/mol. The van der Waals surface area contributed by atoms with Crippen molar-refractivity contribution in [2.45, 2.75) is 40.0 Å². The van der Waals surface area contributed by atoms with Gasteiger partial charge in [0.2, 0.25) is 0 Å². The van der Waals surface area contributed by atoms with E-state index in [2.05, 4.69) is 9.99 Å². The van der Waals surface area contributed by atoms with Crippen LogP contribution in [0, 0.1) is 13.8 Å². The minimum absolute atomic E-state index is 0.356. The highest BCUT2D eigenvalue weighted by atomic mass is 19.1. The molecule has 0 radical (unpaired) electrons. The zero-order chi connectivity index (χ0) is 22.5. The Morgan fingerprint density at radius 2 is 1.55 bits per heavy atom. The summed E-state index contributed by atoms with van der Waals surface area (Å²) in [6.45, 7) is 7.88. The summed E-state index contributed by atoms with van der Waals surface area (Å²) >= 11 is 0. The van der Waals surface area contributed by atoms with E-state index in [1.54, 1.807) is 24.3 Å². The van der Waals surface area contributed by atoms with Gasteiger partial charge in [0.15, 0.2) is 0 Å². The van der Waals surface area contributed by atoms with Gasteiger partial charge in [0.25, 0.3) is 5.97 Å². The maximum Gasteiger partial charge on any atom is 0.257 e. The topological polar surface area (TPSA) is 49.3 Å². The average Bonchev–Trinajstić information content (AvgIpc) is 2.75. The van der Waals surface area contributed by atoms with Crippen LogP contribution in [0.3, 0.4) is 0 Å². The van der Waals surface area contributed by atoms with Crippen molar-refractivity contribution in [2.75, 3.05) is 26.9 Å². The third-order valence-electron chi connectivity index (χ3n) is 4.58. The summed E-state index contributed by atoms with van der Waals surface area (Å²) in [6.07, 6.45) is 6.81. The lowest BCUT2D eigenvalue weighted by molar-refractivity contribution is 0.209. The van der Waals surface area contributed by atoms with E-state index in [4.69, 9.17) is 14.2 Å². The molecule has 0 saturated carbocycles. The van der Waals surface area contributed by atoms with E-state index in [9.17, 15) is 4.39 Å². The molecule has 0 spiro atoms. The van der Waals surface area contributed by atoms with Crippen molar-refractivity contribution in [3.63, 3.8) is 0 Å². The highest BCUT2D eigenvalue weighted by molar-refractivity contribution is 5.92. The Balaban J connectivity index is 1.67. The summed E-state index contributed by atoms with van der Waals surface area (Å²) in [6, 6.07) is 10.7. The molecule has 0 saturated heterocycles. The van der Waals surface area contributed by atoms with Gasteiger partial charge in [0.05, 0.1) is 13.2 Å². The van der Waals surface area contributed by atoms with Crippen LogP contribution in [0.4, 0.5) is 4.39 Å². The van der Waals surface area contributed by atoms with Gasteiger partial charge in [-0.15, -0.1) is 0 Å². The van der Waals surface area contributed by atoms with Gasteiger partial charge in [-0.1, -0.05) is 17.3 Å². The Bertz CT molecular complexity index is 839. The summed E-state index contributed by atoms with van der Waals surface area (Å²) in [5, 5.41) is 3.27. The number of nitrogens with zero attached hydrogens (tertiary/aromatic N) is 1. The lowest BCUT2D eigenvalue weighted by Crippen LogP contribution is -2.03. The van der Waals surface area contributed by atoms with E-state index in [0.717, 1.165) is 41.9 Å². The standard InChI is InChI=1S/C25H32FNO4/c1-5-6-14-30-23-17-19(2)24(20(3)18-23)31-16-9-7-8-15-29-22-12-10-21(11-13-22)25(26)27-28-4/h5-6,10-13,17-18H,7-9,14-16H2,1-4H3/b6-5+,27-25-. The molecule has 0 aliphatic carbocycles. The van der Waals surface area contributed by atoms with Gasteiger partial charge in [0.1, 0.15) is 31.0 Å². The molecular weight excluding hydrogens is 397 g/mol. The predicted molar refractivity (Wildman–Crippen MR) is 122 cm³/mol. The molecule has 2 aromatic carbocycles. The molecule has 0 unspecified atom stereocenters. The fourth-order valence-electron chi connectivity index (χ4n) is 3.03. The fraction of sp³-hybridized carbons (Fsp3) is 0.400. The Labute approximate surface area is 184 Å². The molecule has 31 heavy (non-hydrogen) atoms. The number of halogens is 1. The van der Waals surface area contributed by atoms with E-state index >= 15 is 0 Å². The summed E-state index contributed by atoms with van der Waals surface area (Å²) in [5.41, 5.74) is 2.51. The van der Waals surface area contributed by atoms with E-state index in [1.807, 2.05) is 45.1 Å². The van der Waals surface area contributed by atoms with Crippen LogP contribution >= 0.6 is 0 Å². The van der Waals surface area contributed by atoms with E-state index in [-0.39, 0.29) is 0 Å². The minimum atomic E-state index is -0.657. The zero-order valence-electron chi connectivity index (χ0n) is 18.8. The molecule has 168 valence electrons. The second kappa shape index (κ2) is 13.3. The first kappa shape index (κ1) is 24.3. The van der Waals surface area contributed by atoms with Crippen LogP contribution in [-0.2, 0) is 4.84 Å². The number of aryl methyl sites for hydroxylation is 2. The van der Waals surface area contributed by atoms with E-state index in [1.165, 1.54) is 7.11 Å². The number of rotatable bonds is 13. The first-order chi connectivity index (χ1) is 15.0. The highest BCUT2D eigenvalue weighted by Crippen LogP contribution is 2.28. The normalized spacial score (nSPS) is 11.6. The Morgan fingerprint density at radius 1 is 0.903 bits per heavy atom. The third kappa shape index (κ3) is 8.32. The first-order valence-electron chi connectivity index (χ1n) is 10.5. The summed E-state index contributed by atoms with van der Waals surface area (Å²) in [4.78, 5) is 4.43. The fourth-order valence-corrected chi connectivity index (χ4v) is 3.03. The van der Waals surface area contributed by atoms with Gasteiger partial charge in [-0.3, -0.25) is 0 Å². The highest BCUT2D eigenvalue weighted by Gasteiger charge is 2.07. The molecule has 6 heteroatoms. The Kier molecular flexibility index (Phi) is 10.4. The lowest BCUT2D eigenvalue weighted by Gasteiger charge is -2.14. The van der Waals surface area contributed by atoms with Crippen LogP contribution in [0.1, 0.15) is 42.9 Å². The Morgan fingerprint density at radius 3 is 2.16 bits per heavy atom. The smallest absolute Gasteiger partial charge is 0.257 e. The molecule has 0 atom stereocenters. The van der Waals surface area contributed by atoms with Gasteiger partial charge in [-0.05, 0) is 87.6 Å². The molecule has 0 amide bonds. The minimum Gasteiger partial charge on any atom is -0.494 e. The maximum absolute atomic E-state index is 13.5. The maximum atomic E-state index is 13.5. The van der Waals surface area contributed by atoms with Crippen molar-refractivity contribution >= 4 is 5.97 Å². The number of unbranched alkanes of at least 4 members (excludes halogenated alkanes) is 2. The lowest BCUT2D eigenvalue weighted by atomic mass is 10.1. The summed E-state index contributed by atoms with van der Waals surface area (Å²) in [5.74, 6) is 1.84. The molecule has 0 N–H and O–H groups in total. The van der Waals surface area contributed by atoms with Gasteiger partial charge in [0, 0.05) is 5.56 Å². The largest absolute Gasteiger partial charge is 0.494 e. The second-order valence-corrected chi connectivity index (χ2v) is 7.11. The van der Waals surface area contributed by atoms with Crippen LogP contribution in [0.15, 0.2) is 53.7 Å².